The van der Waals surface area contributed by atoms with Gasteiger partial charge < -0.3 is 5.32 Å². The summed E-state index contributed by atoms with van der Waals surface area (Å²) < 4.78 is 0. The van der Waals surface area contributed by atoms with Crippen molar-refractivity contribution in [3.63, 3.8) is 0 Å². The number of pyridine rings is 1. The number of hydrogen-bond acceptors (Lipinski definition) is 4. The molecule has 0 saturated heterocycles. The van der Waals surface area contributed by atoms with Crippen LogP contribution in [0.5, 0.6) is 0 Å². The number of aromatic nitrogens is 3. The zero-order valence-corrected chi connectivity index (χ0v) is 14.4. The number of rotatable bonds is 5. The standard InChI is InChI=1S/C21H20N4O/c26-21(25-18(14-8-9-14)20-22-10-3-11-23-20)19-16(13-6-7-13)12-15-4-1-2-5-17(15)24-19/h1-5,10-14,18H,6-9H2,(H,25,26). The van der Waals surface area contributed by atoms with Crippen molar-refractivity contribution in [1.82, 2.24) is 20.3 Å². The van der Waals surface area contributed by atoms with Crippen molar-refractivity contribution in [2.45, 2.75) is 37.6 Å². The maximum absolute atomic E-state index is 13.1. The molecule has 0 aliphatic heterocycles. The van der Waals surface area contributed by atoms with Gasteiger partial charge in [0.05, 0.1) is 11.6 Å². The van der Waals surface area contributed by atoms with Gasteiger partial charge in [-0.2, -0.15) is 0 Å². The maximum atomic E-state index is 13.1. The van der Waals surface area contributed by atoms with Crippen molar-refractivity contribution in [2.24, 2.45) is 5.92 Å². The van der Waals surface area contributed by atoms with Crippen molar-refractivity contribution < 1.29 is 4.79 Å². The van der Waals surface area contributed by atoms with E-state index in [0.29, 0.717) is 23.4 Å². The molecule has 1 atom stereocenters. The van der Waals surface area contributed by atoms with E-state index in [4.69, 9.17) is 4.98 Å². The predicted molar refractivity (Wildman–Crippen MR) is 98.7 cm³/mol. The largest absolute Gasteiger partial charge is 0.340 e. The molecule has 3 aromatic rings. The molecule has 0 spiro atoms. The number of nitrogens with one attached hydrogen (secondary N) is 1. The molecule has 2 aliphatic carbocycles. The van der Waals surface area contributed by atoms with E-state index in [0.717, 1.165) is 42.1 Å². The first kappa shape index (κ1) is 15.4. The van der Waals surface area contributed by atoms with Gasteiger partial charge in [0.2, 0.25) is 0 Å². The van der Waals surface area contributed by atoms with Crippen LogP contribution in [0, 0.1) is 5.92 Å². The normalized spacial score (nSPS) is 17.8. The van der Waals surface area contributed by atoms with Gasteiger partial charge in [-0.25, -0.2) is 15.0 Å². The Morgan fingerprint density at radius 1 is 1.04 bits per heavy atom. The van der Waals surface area contributed by atoms with E-state index in [-0.39, 0.29) is 11.9 Å². The first-order chi connectivity index (χ1) is 12.8. The Bertz CT molecular complexity index is 964. The van der Waals surface area contributed by atoms with Gasteiger partial charge in [-0.1, -0.05) is 18.2 Å². The number of carbonyl (C=O) groups excluding carboxylic acids is 1. The minimum absolute atomic E-state index is 0.109. The van der Waals surface area contributed by atoms with Crippen LogP contribution in [0.1, 0.15) is 59.5 Å². The molecule has 2 saturated carbocycles. The molecular weight excluding hydrogens is 324 g/mol. The van der Waals surface area contributed by atoms with Crippen LogP contribution in [-0.4, -0.2) is 20.9 Å². The number of nitrogens with zero attached hydrogens (tertiary/aromatic N) is 3. The van der Waals surface area contributed by atoms with Crippen LogP contribution in [0.4, 0.5) is 0 Å². The zero-order chi connectivity index (χ0) is 17.5. The van der Waals surface area contributed by atoms with Crippen molar-refractivity contribution in [2.75, 3.05) is 0 Å². The van der Waals surface area contributed by atoms with Gasteiger partial charge in [-0.05, 0) is 61.3 Å². The zero-order valence-electron chi connectivity index (χ0n) is 14.4. The highest BCUT2D eigenvalue weighted by Gasteiger charge is 2.37. The summed E-state index contributed by atoms with van der Waals surface area (Å²) in [6, 6.07) is 11.8. The molecule has 2 aromatic heterocycles. The second kappa shape index (κ2) is 6.16. The first-order valence-corrected chi connectivity index (χ1v) is 9.27. The smallest absolute Gasteiger partial charge is 0.270 e. The van der Waals surface area contributed by atoms with Gasteiger partial charge >= 0.3 is 0 Å². The summed E-state index contributed by atoms with van der Waals surface area (Å²) in [7, 11) is 0. The molecule has 130 valence electrons. The van der Waals surface area contributed by atoms with E-state index in [1.165, 1.54) is 0 Å². The Morgan fingerprint density at radius 2 is 1.81 bits per heavy atom. The highest BCUT2D eigenvalue weighted by molar-refractivity contribution is 5.97. The molecule has 5 heteroatoms. The molecule has 1 amide bonds. The molecule has 5 rings (SSSR count). The summed E-state index contributed by atoms with van der Waals surface area (Å²) in [5.41, 5.74) is 2.50. The lowest BCUT2D eigenvalue weighted by Crippen LogP contribution is -2.32. The Balaban J connectivity index is 1.50. The Labute approximate surface area is 151 Å². The van der Waals surface area contributed by atoms with Gasteiger partial charge in [0.15, 0.2) is 5.82 Å². The maximum Gasteiger partial charge on any atom is 0.270 e. The van der Waals surface area contributed by atoms with E-state index in [1.807, 2.05) is 18.2 Å². The van der Waals surface area contributed by atoms with Crippen molar-refractivity contribution >= 4 is 16.8 Å². The van der Waals surface area contributed by atoms with Crippen LogP contribution in [0.25, 0.3) is 10.9 Å². The SMILES string of the molecule is O=C(NC(c1ncccn1)C1CC1)c1nc2ccccc2cc1C1CC1. The third-order valence-electron chi connectivity index (χ3n) is 5.23. The number of amides is 1. The number of benzene rings is 1. The lowest BCUT2D eigenvalue weighted by Gasteiger charge is -2.18. The van der Waals surface area contributed by atoms with Crippen LogP contribution < -0.4 is 5.32 Å². The number of carbonyl (C=O) groups is 1. The van der Waals surface area contributed by atoms with Crippen LogP contribution >= 0.6 is 0 Å². The van der Waals surface area contributed by atoms with Crippen LogP contribution in [-0.2, 0) is 0 Å². The average Bonchev–Trinajstić information content (AvgIpc) is 3.58. The summed E-state index contributed by atoms with van der Waals surface area (Å²) in [5, 5.41) is 4.27. The lowest BCUT2D eigenvalue weighted by molar-refractivity contribution is 0.0923. The second-order valence-corrected chi connectivity index (χ2v) is 7.29. The monoisotopic (exact) mass is 344 g/mol. The van der Waals surface area contributed by atoms with Crippen molar-refractivity contribution in [1.29, 1.82) is 0 Å². The van der Waals surface area contributed by atoms with Gasteiger partial charge in [0.25, 0.3) is 5.91 Å². The minimum atomic E-state index is -0.135. The highest BCUT2D eigenvalue weighted by atomic mass is 16.2. The molecule has 1 aromatic carbocycles. The van der Waals surface area contributed by atoms with Gasteiger partial charge in [0.1, 0.15) is 5.69 Å². The molecule has 2 aliphatic rings. The highest BCUT2D eigenvalue weighted by Crippen LogP contribution is 2.43. The minimum Gasteiger partial charge on any atom is -0.340 e. The lowest BCUT2D eigenvalue weighted by atomic mass is 10.0. The summed E-state index contributed by atoms with van der Waals surface area (Å²) in [6.45, 7) is 0. The Morgan fingerprint density at radius 3 is 2.54 bits per heavy atom. The first-order valence-electron chi connectivity index (χ1n) is 9.27. The van der Waals surface area contributed by atoms with Crippen LogP contribution in [0.3, 0.4) is 0 Å². The Hall–Kier alpha value is -2.82. The van der Waals surface area contributed by atoms with Crippen molar-refractivity contribution in [3.8, 4) is 0 Å². The third-order valence-corrected chi connectivity index (χ3v) is 5.23. The quantitative estimate of drug-likeness (QED) is 0.765. The molecule has 1 unspecified atom stereocenters. The fourth-order valence-electron chi connectivity index (χ4n) is 3.52. The summed E-state index contributed by atoms with van der Waals surface area (Å²) in [5.74, 6) is 1.46. The van der Waals surface area contributed by atoms with Crippen LogP contribution in [0.2, 0.25) is 0 Å². The predicted octanol–water partition coefficient (Wildman–Crippen LogP) is 3.78. The topological polar surface area (TPSA) is 67.8 Å². The second-order valence-electron chi connectivity index (χ2n) is 7.29. The third kappa shape index (κ3) is 2.94. The number of fused-ring (bicyclic) bond motifs is 1. The molecule has 1 N–H and O–H groups in total. The molecular formula is C21H20N4O. The van der Waals surface area contributed by atoms with E-state index < -0.39 is 0 Å². The summed E-state index contributed by atoms with van der Waals surface area (Å²) in [6.07, 6.45) is 7.93. The molecule has 26 heavy (non-hydrogen) atoms. The van der Waals surface area contributed by atoms with E-state index >= 15 is 0 Å². The number of hydrogen-bond donors (Lipinski definition) is 1. The summed E-state index contributed by atoms with van der Waals surface area (Å²) in [4.78, 5) is 26.6. The van der Waals surface area contributed by atoms with Crippen molar-refractivity contribution in [3.05, 3.63) is 65.9 Å². The molecule has 2 heterocycles. The fraction of sp³-hybridized carbons (Fsp3) is 0.333. The molecule has 5 nitrogen and oxygen atoms in total. The average molecular weight is 344 g/mol. The molecule has 0 radical (unpaired) electrons. The molecule has 2 fully saturated rings. The summed E-state index contributed by atoms with van der Waals surface area (Å²) >= 11 is 0. The Kier molecular flexibility index (Phi) is 3.66. The molecule has 0 bridgehead atoms. The fourth-order valence-corrected chi connectivity index (χ4v) is 3.52. The van der Waals surface area contributed by atoms with E-state index in [2.05, 4.69) is 27.4 Å². The van der Waals surface area contributed by atoms with Gasteiger partial charge in [-0.3, -0.25) is 4.79 Å². The van der Waals surface area contributed by atoms with Gasteiger partial charge in [0, 0.05) is 17.8 Å². The van der Waals surface area contributed by atoms with E-state index in [9.17, 15) is 4.79 Å². The number of para-hydroxylation sites is 1. The van der Waals surface area contributed by atoms with Gasteiger partial charge in [-0.15, -0.1) is 0 Å². The van der Waals surface area contributed by atoms with Crippen LogP contribution in [0.15, 0.2) is 48.8 Å². The van der Waals surface area contributed by atoms with E-state index in [1.54, 1.807) is 18.5 Å².